The van der Waals surface area contributed by atoms with Crippen LogP contribution < -0.4 is 10.0 Å². The van der Waals surface area contributed by atoms with Crippen LogP contribution in [0.15, 0.2) is 88.3 Å². The molecule has 8 nitrogen and oxygen atoms in total. The fourth-order valence-electron chi connectivity index (χ4n) is 2.81. The largest absolute Gasteiger partial charge is 0.343 e. The molecule has 4 rings (SSSR count). The van der Waals surface area contributed by atoms with E-state index in [1.54, 1.807) is 48.5 Å². The Morgan fingerprint density at radius 2 is 1.62 bits per heavy atom. The lowest BCUT2D eigenvalue weighted by molar-refractivity contribution is 0.0946. The lowest BCUT2D eigenvalue weighted by atomic mass is 10.2. The first-order valence-electron chi connectivity index (χ1n) is 9.45. The predicted octanol–water partition coefficient (Wildman–Crippen LogP) is 3.61. The zero-order valence-corrected chi connectivity index (χ0v) is 17.3. The molecular formula is C22H17FN4O4S. The highest BCUT2D eigenvalue weighted by atomic mass is 32.2. The Labute approximate surface area is 183 Å². The number of amides is 1. The minimum atomic E-state index is -3.85. The van der Waals surface area contributed by atoms with Crippen LogP contribution in [0.3, 0.4) is 0 Å². The van der Waals surface area contributed by atoms with E-state index in [4.69, 9.17) is 4.52 Å². The summed E-state index contributed by atoms with van der Waals surface area (Å²) >= 11 is 0. The molecule has 0 radical (unpaired) electrons. The van der Waals surface area contributed by atoms with Crippen molar-refractivity contribution in [2.45, 2.75) is 11.4 Å². The molecule has 2 N–H and O–H groups in total. The van der Waals surface area contributed by atoms with Crippen molar-refractivity contribution in [3.63, 3.8) is 0 Å². The lowest BCUT2D eigenvalue weighted by Crippen LogP contribution is -2.22. The van der Waals surface area contributed by atoms with Gasteiger partial charge in [-0.05, 0) is 60.7 Å². The Balaban J connectivity index is 1.39. The van der Waals surface area contributed by atoms with E-state index in [1.165, 1.54) is 12.1 Å². The number of carbonyl (C=O) groups is 1. The summed E-state index contributed by atoms with van der Waals surface area (Å²) in [4.78, 5) is 16.3. The summed E-state index contributed by atoms with van der Waals surface area (Å²) in [6.07, 6.45) is 0. The number of rotatable bonds is 7. The average molecular weight is 452 g/mol. The standard InChI is InChI=1S/C22H17FN4O4S/c23-17-8-12-19(13-9-17)32(29,30)27-18-10-6-15(7-11-18)21-25-20(31-26-21)14-24-22(28)16-4-2-1-3-5-16/h1-13,27H,14H2,(H,24,28). The molecule has 4 aromatic rings. The maximum atomic E-state index is 13.0. The van der Waals surface area contributed by atoms with Gasteiger partial charge in [0.15, 0.2) is 0 Å². The van der Waals surface area contributed by atoms with Crippen LogP contribution in [0.25, 0.3) is 11.4 Å². The number of nitrogens with one attached hydrogen (secondary N) is 2. The summed E-state index contributed by atoms with van der Waals surface area (Å²) in [6.45, 7) is 0.0658. The third-order valence-electron chi connectivity index (χ3n) is 4.42. The van der Waals surface area contributed by atoms with Gasteiger partial charge in [0.2, 0.25) is 11.7 Å². The molecule has 0 spiro atoms. The maximum absolute atomic E-state index is 13.0. The molecule has 0 unspecified atom stereocenters. The molecule has 0 atom stereocenters. The molecule has 10 heteroatoms. The van der Waals surface area contributed by atoms with Gasteiger partial charge in [-0.25, -0.2) is 12.8 Å². The van der Waals surface area contributed by atoms with Crippen molar-refractivity contribution in [3.05, 3.63) is 96.1 Å². The highest BCUT2D eigenvalue weighted by Crippen LogP contribution is 2.21. The van der Waals surface area contributed by atoms with Crippen LogP contribution in [0, 0.1) is 5.82 Å². The normalized spacial score (nSPS) is 11.2. The summed E-state index contributed by atoms with van der Waals surface area (Å²) < 4.78 is 45.4. The van der Waals surface area contributed by atoms with Gasteiger partial charge in [-0.3, -0.25) is 9.52 Å². The maximum Gasteiger partial charge on any atom is 0.261 e. The number of sulfonamides is 1. The summed E-state index contributed by atoms with van der Waals surface area (Å²) in [5, 5.41) is 6.58. The van der Waals surface area contributed by atoms with Gasteiger partial charge >= 0.3 is 0 Å². The number of anilines is 1. The molecule has 1 aromatic heterocycles. The molecule has 1 amide bonds. The highest BCUT2D eigenvalue weighted by molar-refractivity contribution is 7.92. The van der Waals surface area contributed by atoms with Gasteiger partial charge in [-0.1, -0.05) is 23.4 Å². The molecule has 0 fully saturated rings. The highest BCUT2D eigenvalue weighted by Gasteiger charge is 2.15. The van der Waals surface area contributed by atoms with Crippen LogP contribution in [0.5, 0.6) is 0 Å². The molecule has 1 heterocycles. The number of nitrogens with zero attached hydrogens (tertiary/aromatic N) is 2. The number of aromatic nitrogens is 2. The second kappa shape index (κ2) is 8.98. The summed E-state index contributed by atoms with van der Waals surface area (Å²) in [5.41, 5.74) is 1.43. The molecule has 0 aliphatic carbocycles. The van der Waals surface area contributed by atoms with Crippen LogP contribution in [0.4, 0.5) is 10.1 Å². The monoisotopic (exact) mass is 452 g/mol. The van der Waals surface area contributed by atoms with E-state index < -0.39 is 15.8 Å². The Kier molecular flexibility index (Phi) is 5.95. The minimum absolute atomic E-state index is 0.0525. The molecule has 0 bridgehead atoms. The summed E-state index contributed by atoms with van der Waals surface area (Å²) in [5.74, 6) is -0.261. The SMILES string of the molecule is O=C(NCc1nc(-c2ccc(NS(=O)(=O)c3ccc(F)cc3)cc2)no1)c1ccccc1. The van der Waals surface area contributed by atoms with Crippen LogP contribution in [-0.4, -0.2) is 24.5 Å². The quantitative estimate of drug-likeness (QED) is 0.443. The van der Waals surface area contributed by atoms with Gasteiger partial charge in [0.1, 0.15) is 5.82 Å². The number of hydrogen-bond donors (Lipinski definition) is 2. The van der Waals surface area contributed by atoms with E-state index in [0.29, 0.717) is 22.6 Å². The third-order valence-corrected chi connectivity index (χ3v) is 5.82. The molecule has 0 saturated heterocycles. The first kappa shape index (κ1) is 21.2. The first-order chi connectivity index (χ1) is 15.4. The van der Waals surface area contributed by atoms with Crippen LogP contribution in [-0.2, 0) is 16.6 Å². The van der Waals surface area contributed by atoms with Crippen molar-refractivity contribution in [3.8, 4) is 11.4 Å². The van der Waals surface area contributed by atoms with Crippen molar-refractivity contribution in [2.75, 3.05) is 4.72 Å². The van der Waals surface area contributed by atoms with Crippen LogP contribution in [0.2, 0.25) is 0 Å². The van der Waals surface area contributed by atoms with Crippen LogP contribution in [0.1, 0.15) is 16.2 Å². The zero-order valence-electron chi connectivity index (χ0n) is 16.5. The Bertz CT molecular complexity index is 1320. The number of benzene rings is 3. The van der Waals surface area contributed by atoms with Crippen molar-refractivity contribution >= 4 is 21.6 Å². The Morgan fingerprint density at radius 1 is 0.938 bits per heavy atom. The molecule has 162 valence electrons. The van der Waals surface area contributed by atoms with Crippen molar-refractivity contribution < 1.29 is 22.1 Å². The van der Waals surface area contributed by atoms with E-state index >= 15 is 0 Å². The number of carbonyl (C=O) groups excluding carboxylic acids is 1. The number of hydrogen-bond acceptors (Lipinski definition) is 6. The Morgan fingerprint density at radius 3 is 2.31 bits per heavy atom. The zero-order chi connectivity index (χ0) is 22.6. The van der Waals surface area contributed by atoms with E-state index in [9.17, 15) is 17.6 Å². The predicted molar refractivity (Wildman–Crippen MR) is 115 cm³/mol. The second-order valence-corrected chi connectivity index (χ2v) is 8.38. The molecular weight excluding hydrogens is 435 g/mol. The van der Waals surface area contributed by atoms with Gasteiger partial charge in [-0.2, -0.15) is 4.98 Å². The second-order valence-electron chi connectivity index (χ2n) is 6.70. The summed E-state index contributed by atoms with van der Waals surface area (Å²) in [6, 6.07) is 19.6. The molecule has 0 aliphatic heterocycles. The van der Waals surface area contributed by atoms with Gasteiger partial charge in [0, 0.05) is 16.8 Å². The molecule has 0 aliphatic rings. The summed E-state index contributed by atoms with van der Waals surface area (Å²) in [7, 11) is -3.85. The van der Waals surface area contributed by atoms with Gasteiger partial charge < -0.3 is 9.84 Å². The molecule has 0 saturated carbocycles. The Hall–Kier alpha value is -4.05. The molecule has 3 aromatic carbocycles. The van der Waals surface area contributed by atoms with Crippen molar-refractivity contribution in [1.82, 2.24) is 15.5 Å². The van der Waals surface area contributed by atoms with Gasteiger partial charge in [0.25, 0.3) is 15.9 Å². The molecule has 32 heavy (non-hydrogen) atoms. The fraction of sp³-hybridized carbons (Fsp3) is 0.0455. The average Bonchev–Trinajstić information content (AvgIpc) is 3.28. The van der Waals surface area contributed by atoms with Crippen molar-refractivity contribution in [1.29, 1.82) is 0 Å². The van der Waals surface area contributed by atoms with E-state index in [2.05, 4.69) is 20.2 Å². The topological polar surface area (TPSA) is 114 Å². The smallest absolute Gasteiger partial charge is 0.261 e. The fourth-order valence-corrected chi connectivity index (χ4v) is 3.87. The lowest BCUT2D eigenvalue weighted by Gasteiger charge is -2.08. The first-order valence-corrected chi connectivity index (χ1v) is 10.9. The third kappa shape index (κ3) is 4.98. The van der Waals surface area contributed by atoms with Crippen LogP contribution >= 0.6 is 0 Å². The number of halogens is 1. The van der Waals surface area contributed by atoms with Crippen molar-refractivity contribution in [2.24, 2.45) is 0 Å². The minimum Gasteiger partial charge on any atom is -0.343 e. The van der Waals surface area contributed by atoms with Gasteiger partial charge in [-0.15, -0.1) is 0 Å². The van der Waals surface area contributed by atoms with E-state index in [0.717, 1.165) is 12.1 Å². The van der Waals surface area contributed by atoms with E-state index in [1.807, 2.05) is 6.07 Å². The van der Waals surface area contributed by atoms with Gasteiger partial charge in [0.05, 0.1) is 11.4 Å². The van der Waals surface area contributed by atoms with E-state index in [-0.39, 0.29) is 23.2 Å².